The second-order valence-corrected chi connectivity index (χ2v) is 6.35. The van der Waals surface area contributed by atoms with Crippen LogP contribution in [0.1, 0.15) is 25.8 Å². The number of para-hydroxylation sites is 1. The van der Waals surface area contributed by atoms with Gasteiger partial charge in [0.25, 0.3) is 11.8 Å². The number of thiocarbonyl (C=S) groups is 1. The summed E-state index contributed by atoms with van der Waals surface area (Å²) in [5, 5.41) is 3.79. The van der Waals surface area contributed by atoms with Gasteiger partial charge in [-0.1, -0.05) is 25.1 Å². The van der Waals surface area contributed by atoms with E-state index in [4.69, 9.17) is 12.2 Å². The van der Waals surface area contributed by atoms with Crippen molar-refractivity contribution in [1.82, 2.24) is 14.8 Å². The smallest absolute Gasteiger partial charge is 0.265 e. The molecular weight excluding hydrogens is 322 g/mol. The zero-order chi connectivity index (χ0) is 17.4. The SMILES string of the molecule is CC[C@@H](C)N1C(=O)/C(=C\c2cn(C)c3ccccc23)C(=O)NC1=S. The van der Waals surface area contributed by atoms with Gasteiger partial charge in [0.05, 0.1) is 0 Å². The molecule has 2 amide bonds. The standard InChI is InChI=1S/C18H19N3O2S/c1-4-11(2)21-17(23)14(16(22)19-18(21)24)9-12-10-20(3)15-8-6-5-7-13(12)15/h5-11H,4H2,1-3H3,(H,19,22,24)/b14-9-/t11-/m1/s1. The summed E-state index contributed by atoms with van der Waals surface area (Å²) in [6.07, 6.45) is 4.32. The molecule has 1 N–H and O–H groups in total. The number of fused-ring (bicyclic) bond motifs is 1. The van der Waals surface area contributed by atoms with Gasteiger partial charge >= 0.3 is 0 Å². The summed E-state index contributed by atoms with van der Waals surface area (Å²) < 4.78 is 1.98. The van der Waals surface area contributed by atoms with E-state index in [9.17, 15) is 9.59 Å². The molecule has 5 nitrogen and oxygen atoms in total. The molecule has 0 radical (unpaired) electrons. The number of carbonyl (C=O) groups excluding carboxylic acids is 2. The molecule has 0 saturated carbocycles. The van der Waals surface area contributed by atoms with E-state index in [1.807, 2.05) is 55.9 Å². The van der Waals surface area contributed by atoms with E-state index in [1.54, 1.807) is 6.08 Å². The van der Waals surface area contributed by atoms with Crippen molar-refractivity contribution in [3.63, 3.8) is 0 Å². The van der Waals surface area contributed by atoms with Crippen molar-refractivity contribution in [3.05, 3.63) is 41.6 Å². The molecule has 3 rings (SSSR count). The van der Waals surface area contributed by atoms with E-state index in [0.717, 1.165) is 22.9 Å². The molecule has 1 aromatic carbocycles. The Hall–Kier alpha value is -2.47. The van der Waals surface area contributed by atoms with Crippen molar-refractivity contribution in [1.29, 1.82) is 0 Å². The predicted molar refractivity (Wildman–Crippen MR) is 98.2 cm³/mol. The molecule has 2 heterocycles. The van der Waals surface area contributed by atoms with Crippen LogP contribution in [0.5, 0.6) is 0 Å². The first kappa shape index (κ1) is 16.4. The molecule has 1 aliphatic heterocycles. The van der Waals surface area contributed by atoms with Gasteiger partial charge in [-0.3, -0.25) is 19.8 Å². The summed E-state index contributed by atoms with van der Waals surface area (Å²) in [5.41, 5.74) is 1.99. The van der Waals surface area contributed by atoms with Crippen LogP contribution in [0.25, 0.3) is 17.0 Å². The third-order valence-corrected chi connectivity index (χ3v) is 4.69. The number of rotatable bonds is 3. The van der Waals surface area contributed by atoms with Gasteiger partial charge in [-0.15, -0.1) is 0 Å². The molecule has 0 bridgehead atoms. The van der Waals surface area contributed by atoms with Gasteiger partial charge in [-0.25, -0.2) is 0 Å². The zero-order valence-corrected chi connectivity index (χ0v) is 14.7. The molecule has 1 aromatic heterocycles. The average molecular weight is 341 g/mol. The molecule has 1 aliphatic rings. The first-order chi connectivity index (χ1) is 11.4. The second kappa shape index (κ2) is 6.20. The molecule has 0 spiro atoms. The Morgan fingerprint density at radius 3 is 2.71 bits per heavy atom. The van der Waals surface area contributed by atoms with E-state index in [-0.39, 0.29) is 22.6 Å². The summed E-state index contributed by atoms with van der Waals surface area (Å²) in [7, 11) is 1.94. The monoisotopic (exact) mass is 341 g/mol. The normalized spacial score (nSPS) is 18.4. The van der Waals surface area contributed by atoms with Gasteiger partial charge in [-0.2, -0.15) is 0 Å². The van der Waals surface area contributed by atoms with E-state index in [1.165, 1.54) is 4.90 Å². The van der Waals surface area contributed by atoms with Gasteiger partial charge in [0, 0.05) is 35.8 Å². The number of nitrogens with one attached hydrogen (secondary N) is 1. The highest BCUT2D eigenvalue weighted by atomic mass is 32.1. The van der Waals surface area contributed by atoms with Crippen LogP contribution in [0.2, 0.25) is 0 Å². The van der Waals surface area contributed by atoms with Crippen molar-refractivity contribution in [3.8, 4) is 0 Å². The summed E-state index contributed by atoms with van der Waals surface area (Å²) in [6, 6.07) is 7.81. The Morgan fingerprint density at radius 1 is 1.29 bits per heavy atom. The van der Waals surface area contributed by atoms with Gasteiger partial charge in [0.2, 0.25) is 0 Å². The number of nitrogens with zero attached hydrogens (tertiary/aromatic N) is 2. The predicted octanol–water partition coefficient (Wildman–Crippen LogP) is 2.60. The van der Waals surface area contributed by atoms with Crippen LogP contribution in [0.3, 0.4) is 0 Å². The lowest BCUT2D eigenvalue weighted by Gasteiger charge is -2.33. The fourth-order valence-corrected chi connectivity index (χ4v) is 3.25. The molecule has 124 valence electrons. The van der Waals surface area contributed by atoms with Gasteiger partial charge in [-0.05, 0) is 37.7 Å². The van der Waals surface area contributed by atoms with Crippen LogP contribution in [0, 0.1) is 0 Å². The first-order valence-electron chi connectivity index (χ1n) is 7.88. The molecule has 6 heteroatoms. The van der Waals surface area contributed by atoms with Crippen molar-refractivity contribution >= 4 is 46.1 Å². The maximum absolute atomic E-state index is 12.8. The number of amides is 2. The number of hydrogen-bond donors (Lipinski definition) is 1. The molecular formula is C18H19N3O2S. The van der Waals surface area contributed by atoms with Gasteiger partial charge in [0.15, 0.2) is 5.11 Å². The fourth-order valence-electron chi connectivity index (χ4n) is 2.90. The largest absolute Gasteiger partial charge is 0.350 e. The van der Waals surface area contributed by atoms with Crippen LogP contribution in [0.4, 0.5) is 0 Å². The fraction of sp³-hybridized carbons (Fsp3) is 0.278. The van der Waals surface area contributed by atoms with Crippen LogP contribution < -0.4 is 5.32 Å². The number of aromatic nitrogens is 1. The van der Waals surface area contributed by atoms with Crippen LogP contribution in [-0.4, -0.2) is 32.4 Å². The van der Waals surface area contributed by atoms with E-state index < -0.39 is 5.91 Å². The number of benzene rings is 1. The van der Waals surface area contributed by atoms with E-state index >= 15 is 0 Å². The van der Waals surface area contributed by atoms with Crippen LogP contribution >= 0.6 is 12.2 Å². The van der Waals surface area contributed by atoms with E-state index in [0.29, 0.717) is 0 Å². The minimum Gasteiger partial charge on any atom is -0.350 e. The maximum atomic E-state index is 12.8. The molecule has 1 fully saturated rings. The first-order valence-corrected chi connectivity index (χ1v) is 8.29. The van der Waals surface area contributed by atoms with Gasteiger partial charge in [0.1, 0.15) is 5.57 Å². The lowest BCUT2D eigenvalue weighted by atomic mass is 10.1. The highest BCUT2D eigenvalue weighted by molar-refractivity contribution is 7.80. The Morgan fingerprint density at radius 2 is 2.00 bits per heavy atom. The third kappa shape index (κ3) is 2.63. The summed E-state index contributed by atoms with van der Waals surface area (Å²) >= 11 is 5.16. The van der Waals surface area contributed by atoms with Crippen LogP contribution in [-0.2, 0) is 16.6 Å². The van der Waals surface area contributed by atoms with E-state index in [2.05, 4.69) is 5.32 Å². The molecule has 2 aromatic rings. The topological polar surface area (TPSA) is 54.3 Å². The Bertz CT molecular complexity index is 882. The Labute approximate surface area is 145 Å². The molecule has 1 atom stereocenters. The molecule has 0 unspecified atom stereocenters. The number of carbonyl (C=O) groups is 2. The summed E-state index contributed by atoms with van der Waals surface area (Å²) in [4.78, 5) is 26.6. The second-order valence-electron chi connectivity index (χ2n) is 5.96. The Kier molecular flexibility index (Phi) is 4.24. The third-order valence-electron chi connectivity index (χ3n) is 4.39. The lowest BCUT2D eigenvalue weighted by Crippen LogP contribution is -2.56. The Balaban J connectivity index is 2.09. The lowest BCUT2D eigenvalue weighted by molar-refractivity contribution is -0.130. The number of aryl methyl sites for hydroxylation is 1. The van der Waals surface area contributed by atoms with Crippen molar-refractivity contribution in [2.45, 2.75) is 26.3 Å². The molecule has 0 aliphatic carbocycles. The highest BCUT2D eigenvalue weighted by Gasteiger charge is 2.35. The quantitative estimate of drug-likeness (QED) is 0.530. The maximum Gasteiger partial charge on any atom is 0.265 e. The van der Waals surface area contributed by atoms with Crippen molar-refractivity contribution < 1.29 is 9.59 Å². The minimum absolute atomic E-state index is 0.0680. The number of hydrogen-bond acceptors (Lipinski definition) is 3. The highest BCUT2D eigenvalue weighted by Crippen LogP contribution is 2.24. The molecule has 1 saturated heterocycles. The summed E-state index contributed by atoms with van der Waals surface area (Å²) in [5.74, 6) is -0.788. The van der Waals surface area contributed by atoms with Crippen LogP contribution in [0.15, 0.2) is 36.0 Å². The minimum atomic E-state index is -0.447. The zero-order valence-electron chi connectivity index (χ0n) is 13.9. The van der Waals surface area contributed by atoms with Crippen molar-refractivity contribution in [2.75, 3.05) is 0 Å². The summed E-state index contributed by atoms with van der Waals surface area (Å²) in [6.45, 7) is 3.89. The average Bonchev–Trinajstić information content (AvgIpc) is 2.87. The van der Waals surface area contributed by atoms with Gasteiger partial charge < -0.3 is 4.57 Å². The van der Waals surface area contributed by atoms with Crippen molar-refractivity contribution in [2.24, 2.45) is 7.05 Å². The molecule has 24 heavy (non-hydrogen) atoms.